The van der Waals surface area contributed by atoms with Crippen molar-refractivity contribution in [2.24, 2.45) is 0 Å². The average molecular weight is 415 g/mol. The van der Waals surface area contributed by atoms with Crippen LogP contribution < -0.4 is 5.32 Å². The third kappa shape index (κ3) is 3.95. The minimum absolute atomic E-state index is 0.0489. The summed E-state index contributed by atoms with van der Waals surface area (Å²) in [4.78, 5) is 16.4. The normalized spacial score (nSPS) is 10.9. The van der Waals surface area contributed by atoms with E-state index in [9.17, 15) is 9.18 Å². The van der Waals surface area contributed by atoms with Crippen molar-refractivity contribution in [1.82, 2.24) is 24.8 Å². The molecule has 0 aliphatic rings. The lowest BCUT2D eigenvalue weighted by atomic mass is 10.3. The van der Waals surface area contributed by atoms with E-state index >= 15 is 0 Å². The first-order valence-corrected chi connectivity index (χ1v) is 9.48. The molecule has 10 heteroatoms. The highest BCUT2D eigenvalue weighted by atomic mass is 35.5. The molecule has 4 rings (SSSR count). The predicted molar refractivity (Wildman–Crippen MR) is 105 cm³/mol. The fraction of sp³-hybridized carbons (Fsp3) is 0.0556. The molecule has 0 aliphatic carbocycles. The maximum Gasteiger partial charge on any atom is 0.234 e. The highest BCUT2D eigenvalue weighted by Gasteiger charge is 2.12. The van der Waals surface area contributed by atoms with Crippen LogP contribution in [0.3, 0.4) is 0 Å². The summed E-state index contributed by atoms with van der Waals surface area (Å²) in [6, 6.07) is 13.0. The largest absolute Gasteiger partial charge is 0.325 e. The Hall–Kier alpha value is -3.04. The lowest BCUT2D eigenvalue weighted by molar-refractivity contribution is -0.113. The molecule has 1 N–H and O–H groups in total. The predicted octanol–water partition coefficient (Wildman–Crippen LogP) is 3.71. The van der Waals surface area contributed by atoms with Crippen molar-refractivity contribution >= 4 is 40.6 Å². The Balaban J connectivity index is 1.47. The smallest absolute Gasteiger partial charge is 0.234 e. The fourth-order valence-corrected chi connectivity index (χ4v) is 3.25. The standard InChI is InChI=1S/C18H12ClFN6OS/c19-12-9-11(4-5-13(12)20)22-16(27)10-28-17-7-6-15-23-24-18(26(15)25-17)14-3-1-2-8-21-14/h1-9H,10H2,(H,22,27). The first-order chi connectivity index (χ1) is 13.6. The van der Waals surface area contributed by atoms with E-state index in [0.717, 1.165) is 0 Å². The van der Waals surface area contributed by atoms with E-state index in [1.54, 1.807) is 22.8 Å². The molecule has 0 radical (unpaired) electrons. The molecule has 1 amide bonds. The van der Waals surface area contributed by atoms with Gasteiger partial charge in [-0.15, -0.1) is 10.2 Å². The number of amides is 1. The third-order valence-electron chi connectivity index (χ3n) is 3.69. The molecule has 3 aromatic heterocycles. The van der Waals surface area contributed by atoms with Crippen molar-refractivity contribution in [3.63, 3.8) is 0 Å². The number of nitrogens with one attached hydrogen (secondary N) is 1. The first kappa shape index (κ1) is 18.3. The van der Waals surface area contributed by atoms with Gasteiger partial charge in [-0.25, -0.2) is 4.39 Å². The van der Waals surface area contributed by atoms with Gasteiger partial charge in [0, 0.05) is 11.9 Å². The van der Waals surface area contributed by atoms with Crippen LogP contribution in [-0.4, -0.2) is 36.5 Å². The quantitative estimate of drug-likeness (QED) is 0.501. The second-order valence-electron chi connectivity index (χ2n) is 5.65. The Bertz CT molecular complexity index is 1150. The van der Waals surface area contributed by atoms with Crippen LogP contribution in [0, 0.1) is 5.82 Å². The zero-order valence-electron chi connectivity index (χ0n) is 14.2. The molecule has 0 fully saturated rings. The van der Waals surface area contributed by atoms with Crippen LogP contribution in [0.15, 0.2) is 59.8 Å². The number of aromatic nitrogens is 5. The van der Waals surface area contributed by atoms with Gasteiger partial charge in [0.1, 0.15) is 16.5 Å². The monoisotopic (exact) mass is 414 g/mol. The number of carbonyl (C=O) groups excluding carboxylic acids is 1. The van der Waals surface area contributed by atoms with Crippen molar-refractivity contribution in [1.29, 1.82) is 0 Å². The molecule has 3 heterocycles. The number of rotatable bonds is 5. The molecule has 0 aliphatic heterocycles. The van der Waals surface area contributed by atoms with E-state index in [-0.39, 0.29) is 16.7 Å². The van der Waals surface area contributed by atoms with Gasteiger partial charge in [-0.1, -0.05) is 29.4 Å². The van der Waals surface area contributed by atoms with Gasteiger partial charge < -0.3 is 5.32 Å². The minimum atomic E-state index is -0.538. The molecule has 0 saturated heterocycles. The summed E-state index contributed by atoms with van der Waals surface area (Å²) in [5.41, 5.74) is 1.66. The topological polar surface area (TPSA) is 85.1 Å². The molecule has 0 spiro atoms. The summed E-state index contributed by atoms with van der Waals surface area (Å²) in [5, 5.41) is 15.9. The van der Waals surface area contributed by atoms with Crippen LogP contribution in [-0.2, 0) is 4.79 Å². The van der Waals surface area contributed by atoms with Gasteiger partial charge in [-0.05, 0) is 42.5 Å². The Labute approximate surface area is 168 Å². The molecular weight excluding hydrogens is 403 g/mol. The third-order valence-corrected chi connectivity index (χ3v) is 4.90. The number of hydrogen-bond acceptors (Lipinski definition) is 6. The summed E-state index contributed by atoms with van der Waals surface area (Å²) in [6.45, 7) is 0. The highest BCUT2D eigenvalue weighted by molar-refractivity contribution is 7.99. The Morgan fingerprint density at radius 3 is 2.86 bits per heavy atom. The second kappa shape index (κ2) is 7.91. The molecule has 0 bridgehead atoms. The van der Waals surface area contributed by atoms with Crippen molar-refractivity contribution in [2.75, 3.05) is 11.1 Å². The molecule has 4 aromatic rings. The summed E-state index contributed by atoms with van der Waals surface area (Å²) in [5.74, 6) is -0.162. The van der Waals surface area contributed by atoms with Crippen LogP contribution >= 0.6 is 23.4 Å². The van der Waals surface area contributed by atoms with E-state index in [1.807, 2.05) is 18.2 Å². The number of hydrogen-bond donors (Lipinski definition) is 1. The summed E-state index contributed by atoms with van der Waals surface area (Å²) in [6.07, 6.45) is 1.67. The number of halogens is 2. The van der Waals surface area contributed by atoms with Gasteiger partial charge in [0.25, 0.3) is 0 Å². The zero-order valence-corrected chi connectivity index (χ0v) is 15.8. The van der Waals surface area contributed by atoms with E-state index in [0.29, 0.717) is 27.9 Å². The molecule has 28 heavy (non-hydrogen) atoms. The summed E-state index contributed by atoms with van der Waals surface area (Å²) < 4.78 is 14.8. The molecule has 140 valence electrons. The Morgan fingerprint density at radius 1 is 1.18 bits per heavy atom. The minimum Gasteiger partial charge on any atom is -0.325 e. The number of nitrogens with zero attached hydrogens (tertiary/aromatic N) is 5. The highest BCUT2D eigenvalue weighted by Crippen LogP contribution is 2.21. The van der Waals surface area contributed by atoms with Crippen molar-refractivity contribution in [3.05, 3.63) is 65.6 Å². The van der Waals surface area contributed by atoms with Crippen molar-refractivity contribution in [3.8, 4) is 11.5 Å². The lowest BCUT2D eigenvalue weighted by Crippen LogP contribution is -2.14. The molecule has 7 nitrogen and oxygen atoms in total. The Morgan fingerprint density at radius 2 is 2.07 bits per heavy atom. The number of pyridine rings is 1. The average Bonchev–Trinajstić information content (AvgIpc) is 3.13. The van der Waals surface area contributed by atoms with Gasteiger partial charge in [0.05, 0.1) is 10.8 Å². The second-order valence-corrected chi connectivity index (χ2v) is 7.05. The van der Waals surface area contributed by atoms with Crippen LogP contribution in [0.2, 0.25) is 5.02 Å². The maximum atomic E-state index is 13.2. The number of thioether (sulfide) groups is 1. The first-order valence-electron chi connectivity index (χ1n) is 8.12. The van der Waals surface area contributed by atoms with Crippen molar-refractivity contribution in [2.45, 2.75) is 5.03 Å². The number of carbonyl (C=O) groups is 1. The summed E-state index contributed by atoms with van der Waals surface area (Å²) >= 11 is 6.97. The molecule has 0 atom stereocenters. The lowest BCUT2D eigenvalue weighted by Gasteiger charge is -2.06. The summed E-state index contributed by atoms with van der Waals surface area (Å²) in [7, 11) is 0. The molecule has 1 aromatic carbocycles. The molecule has 0 saturated carbocycles. The van der Waals surface area contributed by atoms with Crippen LogP contribution in [0.4, 0.5) is 10.1 Å². The van der Waals surface area contributed by atoms with E-state index in [4.69, 9.17) is 11.6 Å². The van der Waals surface area contributed by atoms with Crippen LogP contribution in [0.1, 0.15) is 0 Å². The van der Waals surface area contributed by atoms with Crippen LogP contribution in [0.25, 0.3) is 17.2 Å². The van der Waals surface area contributed by atoms with Gasteiger partial charge in [0.2, 0.25) is 11.7 Å². The number of anilines is 1. The molecule has 0 unspecified atom stereocenters. The van der Waals surface area contributed by atoms with Gasteiger partial charge >= 0.3 is 0 Å². The Kier molecular flexibility index (Phi) is 5.18. The maximum absolute atomic E-state index is 13.2. The van der Waals surface area contributed by atoms with E-state index in [1.165, 1.54) is 30.0 Å². The van der Waals surface area contributed by atoms with Crippen LogP contribution in [0.5, 0.6) is 0 Å². The zero-order chi connectivity index (χ0) is 19.5. The van der Waals surface area contributed by atoms with Gasteiger partial charge in [-0.3, -0.25) is 9.78 Å². The number of benzene rings is 1. The van der Waals surface area contributed by atoms with E-state index in [2.05, 4.69) is 25.6 Å². The number of fused-ring (bicyclic) bond motifs is 1. The SMILES string of the molecule is O=C(CSc1ccc2nnc(-c3ccccn3)n2n1)Nc1ccc(F)c(Cl)c1. The fourth-order valence-electron chi connectivity index (χ4n) is 2.41. The van der Waals surface area contributed by atoms with Gasteiger partial charge in [0.15, 0.2) is 5.65 Å². The van der Waals surface area contributed by atoms with Crippen molar-refractivity contribution < 1.29 is 9.18 Å². The van der Waals surface area contributed by atoms with Gasteiger partial charge in [-0.2, -0.15) is 9.61 Å². The molecular formula is C18H12ClFN6OS. The van der Waals surface area contributed by atoms with E-state index < -0.39 is 5.82 Å².